The Balaban J connectivity index is 2.83. The molecule has 0 aromatic carbocycles. The molecule has 0 radical (unpaired) electrons. The summed E-state index contributed by atoms with van der Waals surface area (Å²) >= 11 is 0. The van der Waals surface area contributed by atoms with Gasteiger partial charge in [0.2, 0.25) is 0 Å². The van der Waals surface area contributed by atoms with Crippen LogP contribution in [0.15, 0.2) is 0 Å². The Kier molecular flexibility index (Phi) is 5.39. The van der Waals surface area contributed by atoms with Gasteiger partial charge in [0.15, 0.2) is 0 Å². The van der Waals surface area contributed by atoms with Crippen LogP contribution in [0.5, 0.6) is 0 Å². The molecular formula is C15H26O4. The molecule has 1 saturated carbocycles. The number of esters is 2. The monoisotopic (exact) mass is 270 g/mol. The summed E-state index contributed by atoms with van der Waals surface area (Å²) in [6.07, 6.45) is 0.391. The van der Waals surface area contributed by atoms with E-state index in [9.17, 15) is 9.59 Å². The van der Waals surface area contributed by atoms with E-state index < -0.39 is 0 Å². The number of carbonyl (C=O) groups is 2. The van der Waals surface area contributed by atoms with E-state index in [1.165, 1.54) is 0 Å². The maximum absolute atomic E-state index is 12.2. The molecule has 110 valence electrons. The van der Waals surface area contributed by atoms with Gasteiger partial charge in [0.1, 0.15) is 0 Å². The van der Waals surface area contributed by atoms with Gasteiger partial charge in [-0.25, -0.2) is 0 Å². The summed E-state index contributed by atoms with van der Waals surface area (Å²) in [6, 6.07) is 0. The molecule has 0 aliphatic heterocycles. The second-order valence-corrected chi connectivity index (χ2v) is 6.18. The summed E-state index contributed by atoms with van der Waals surface area (Å²) < 4.78 is 10.6. The molecule has 1 aliphatic rings. The summed E-state index contributed by atoms with van der Waals surface area (Å²) in [7, 11) is 0. The Bertz CT molecular complexity index is 335. The second kappa shape index (κ2) is 6.40. The summed E-state index contributed by atoms with van der Waals surface area (Å²) in [5.74, 6) is -0.790. The number of hydrogen-bond acceptors (Lipinski definition) is 4. The van der Waals surface area contributed by atoms with Gasteiger partial charge in [0.25, 0.3) is 0 Å². The van der Waals surface area contributed by atoms with Crippen LogP contribution >= 0.6 is 0 Å². The smallest absolute Gasteiger partial charge is 0.310 e. The quantitative estimate of drug-likeness (QED) is 0.737. The maximum Gasteiger partial charge on any atom is 0.310 e. The first kappa shape index (κ1) is 16.0. The van der Waals surface area contributed by atoms with Crippen LogP contribution in [0.3, 0.4) is 0 Å². The fraction of sp³-hybridized carbons (Fsp3) is 0.867. The van der Waals surface area contributed by atoms with Crippen LogP contribution in [0.1, 0.15) is 48.0 Å². The van der Waals surface area contributed by atoms with Crippen molar-refractivity contribution < 1.29 is 19.1 Å². The SMILES string of the molecule is CC(C)OC(=O)C1CC(C)C(C)C1C(=O)OC(C)C. The highest BCUT2D eigenvalue weighted by atomic mass is 16.6. The molecule has 4 atom stereocenters. The molecule has 4 nitrogen and oxygen atoms in total. The lowest BCUT2D eigenvalue weighted by molar-refractivity contribution is -0.164. The average molecular weight is 270 g/mol. The van der Waals surface area contributed by atoms with Gasteiger partial charge in [-0.1, -0.05) is 13.8 Å². The average Bonchev–Trinajstić information content (AvgIpc) is 2.53. The Hall–Kier alpha value is -1.06. The van der Waals surface area contributed by atoms with Crippen LogP contribution in [-0.4, -0.2) is 24.1 Å². The van der Waals surface area contributed by atoms with E-state index in [0.717, 1.165) is 0 Å². The van der Waals surface area contributed by atoms with Gasteiger partial charge in [-0.05, 0) is 46.0 Å². The van der Waals surface area contributed by atoms with Gasteiger partial charge in [0.05, 0.1) is 24.0 Å². The molecule has 4 unspecified atom stereocenters. The zero-order valence-corrected chi connectivity index (χ0v) is 12.8. The van der Waals surface area contributed by atoms with Gasteiger partial charge >= 0.3 is 11.9 Å². The lowest BCUT2D eigenvalue weighted by Crippen LogP contribution is -2.33. The first-order valence-corrected chi connectivity index (χ1v) is 7.15. The van der Waals surface area contributed by atoms with Gasteiger partial charge in [0, 0.05) is 0 Å². The van der Waals surface area contributed by atoms with E-state index in [1.54, 1.807) is 0 Å². The molecule has 0 heterocycles. The van der Waals surface area contributed by atoms with Gasteiger partial charge in [-0.15, -0.1) is 0 Å². The highest BCUT2D eigenvalue weighted by Crippen LogP contribution is 2.42. The van der Waals surface area contributed by atoms with Crippen molar-refractivity contribution in [3.05, 3.63) is 0 Å². The molecular weight excluding hydrogens is 244 g/mol. The van der Waals surface area contributed by atoms with E-state index in [0.29, 0.717) is 12.3 Å². The predicted molar refractivity (Wildman–Crippen MR) is 72.4 cm³/mol. The first-order chi connectivity index (χ1) is 8.73. The number of carbonyl (C=O) groups excluding carboxylic acids is 2. The molecule has 4 heteroatoms. The van der Waals surface area contributed by atoms with Crippen molar-refractivity contribution in [3.8, 4) is 0 Å². The zero-order valence-electron chi connectivity index (χ0n) is 12.8. The summed E-state index contributed by atoms with van der Waals surface area (Å²) in [5.41, 5.74) is 0. The standard InChI is InChI=1S/C15H26O4/c1-8(2)18-14(16)12-7-10(5)11(6)13(12)15(17)19-9(3)4/h8-13H,7H2,1-6H3. The minimum Gasteiger partial charge on any atom is -0.463 e. The van der Waals surface area contributed by atoms with E-state index in [-0.39, 0.29) is 41.9 Å². The van der Waals surface area contributed by atoms with E-state index in [2.05, 4.69) is 6.92 Å². The Morgan fingerprint density at radius 2 is 1.42 bits per heavy atom. The molecule has 0 bridgehead atoms. The minimum atomic E-state index is -0.372. The van der Waals surface area contributed by atoms with Crippen molar-refractivity contribution in [2.24, 2.45) is 23.7 Å². The van der Waals surface area contributed by atoms with Crippen LogP contribution in [0, 0.1) is 23.7 Å². The summed E-state index contributed by atoms with van der Waals surface area (Å²) in [5, 5.41) is 0. The van der Waals surface area contributed by atoms with Crippen molar-refractivity contribution >= 4 is 11.9 Å². The maximum atomic E-state index is 12.2. The van der Waals surface area contributed by atoms with Crippen molar-refractivity contribution in [2.75, 3.05) is 0 Å². The normalized spacial score (nSPS) is 30.7. The molecule has 0 spiro atoms. The Labute approximate surface area is 115 Å². The zero-order chi connectivity index (χ0) is 14.7. The molecule has 0 aromatic heterocycles. The Morgan fingerprint density at radius 3 is 1.89 bits per heavy atom. The van der Waals surface area contributed by atoms with Crippen molar-refractivity contribution in [1.29, 1.82) is 0 Å². The van der Waals surface area contributed by atoms with Gasteiger partial charge in [-0.2, -0.15) is 0 Å². The fourth-order valence-corrected chi connectivity index (χ4v) is 2.73. The largest absolute Gasteiger partial charge is 0.463 e. The molecule has 1 fully saturated rings. The highest BCUT2D eigenvalue weighted by Gasteiger charge is 2.48. The predicted octanol–water partition coefficient (Wildman–Crippen LogP) is 2.80. The second-order valence-electron chi connectivity index (χ2n) is 6.18. The first-order valence-electron chi connectivity index (χ1n) is 7.15. The van der Waals surface area contributed by atoms with Gasteiger partial charge < -0.3 is 9.47 Å². The molecule has 1 rings (SSSR count). The summed E-state index contributed by atoms with van der Waals surface area (Å²) in [6.45, 7) is 11.4. The van der Waals surface area contributed by atoms with Crippen molar-refractivity contribution in [1.82, 2.24) is 0 Å². The minimum absolute atomic E-state index is 0.149. The molecule has 0 amide bonds. The van der Waals surface area contributed by atoms with Crippen LogP contribution in [0.25, 0.3) is 0 Å². The lowest BCUT2D eigenvalue weighted by atomic mass is 9.89. The van der Waals surface area contributed by atoms with Crippen LogP contribution in [0.4, 0.5) is 0 Å². The van der Waals surface area contributed by atoms with E-state index in [1.807, 2.05) is 34.6 Å². The van der Waals surface area contributed by atoms with Crippen molar-refractivity contribution in [2.45, 2.75) is 60.2 Å². The van der Waals surface area contributed by atoms with Crippen LogP contribution in [-0.2, 0) is 19.1 Å². The summed E-state index contributed by atoms with van der Waals surface area (Å²) in [4.78, 5) is 24.3. The topological polar surface area (TPSA) is 52.6 Å². The van der Waals surface area contributed by atoms with E-state index >= 15 is 0 Å². The molecule has 0 saturated heterocycles. The molecule has 0 N–H and O–H groups in total. The fourth-order valence-electron chi connectivity index (χ4n) is 2.73. The molecule has 1 aliphatic carbocycles. The lowest BCUT2D eigenvalue weighted by Gasteiger charge is -2.22. The third kappa shape index (κ3) is 3.95. The molecule has 0 aromatic rings. The number of rotatable bonds is 4. The number of ether oxygens (including phenoxy) is 2. The third-order valence-electron chi connectivity index (χ3n) is 3.80. The van der Waals surface area contributed by atoms with Crippen molar-refractivity contribution in [3.63, 3.8) is 0 Å². The van der Waals surface area contributed by atoms with Crippen LogP contribution in [0.2, 0.25) is 0 Å². The third-order valence-corrected chi connectivity index (χ3v) is 3.80. The molecule has 19 heavy (non-hydrogen) atoms. The highest BCUT2D eigenvalue weighted by molar-refractivity contribution is 5.83. The number of hydrogen-bond donors (Lipinski definition) is 0. The van der Waals surface area contributed by atoms with E-state index in [4.69, 9.17) is 9.47 Å². The van der Waals surface area contributed by atoms with Crippen LogP contribution < -0.4 is 0 Å². The Morgan fingerprint density at radius 1 is 0.947 bits per heavy atom. The van der Waals surface area contributed by atoms with Gasteiger partial charge in [-0.3, -0.25) is 9.59 Å².